The van der Waals surface area contributed by atoms with E-state index in [1.807, 2.05) is 63.2 Å². The van der Waals surface area contributed by atoms with Gasteiger partial charge in [0.05, 0.1) is 0 Å². The smallest absolute Gasteiger partial charge is 0.119 e. The minimum Gasteiger partial charge on any atom is -0.508 e. The minimum absolute atomic E-state index is 0.00784. The number of hydrogen-bond acceptors (Lipinski definition) is 3. The first-order chi connectivity index (χ1) is 13.9. The molecule has 152 valence electrons. The maximum atomic E-state index is 10.3. The average molecular weight is 391 g/mol. The molecule has 3 rings (SSSR count). The second-order valence-electron chi connectivity index (χ2n) is 6.87. The van der Waals surface area contributed by atoms with E-state index in [1.165, 1.54) is 0 Å². The highest BCUT2D eigenvalue weighted by Crippen LogP contribution is 2.33. The summed E-state index contributed by atoms with van der Waals surface area (Å²) in [5.41, 5.74) is 4.02. The Labute approximate surface area is 173 Å². The van der Waals surface area contributed by atoms with E-state index >= 15 is 0 Å². The molecular formula is C26H30O3. The molecule has 2 atom stereocenters. The van der Waals surface area contributed by atoms with E-state index in [2.05, 4.69) is 13.0 Å². The first-order valence-corrected chi connectivity index (χ1v) is 10.0. The van der Waals surface area contributed by atoms with Gasteiger partial charge in [-0.1, -0.05) is 70.2 Å². The van der Waals surface area contributed by atoms with Crippen LogP contribution in [0.2, 0.25) is 0 Å². The van der Waals surface area contributed by atoms with Crippen molar-refractivity contribution in [3.8, 4) is 17.2 Å². The summed E-state index contributed by atoms with van der Waals surface area (Å²) >= 11 is 0. The molecule has 0 saturated carbocycles. The molecule has 0 aromatic heterocycles. The summed E-state index contributed by atoms with van der Waals surface area (Å²) in [5.74, 6) is 0.974. The van der Waals surface area contributed by atoms with Crippen LogP contribution in [-0.4, -0.2) is 15.3 Å². The van der Waals surface area contributed by atoms with Crippen molar-refractivity contribution in [1.82, 2.24) is 0 Å². The van der Waals surface area contributed by atoms with Crippen LogP contribution in [-0.2, 0) is 0 Å². The summed E-state index contributed by atoms with van der Waals surface area (Å²) in [4.78, 5) is 0. The molecule has 3 aromatic rings. The lowest BCUT2D eigenvalue weighted by Crippen LogP contribution is -1.97. The van der Waals surface area contributed by atoms with Gasteiger partial charge in [0.15, 0.2) is 0 Å². The van der Waals surface area contributed by atoms with Gasteiger partial charge in [-0.25, -0.2) is 0 Å². The molecule has 0 spiro atoms. The first kappa shape index (κ1) is 22.1. The molecule has 0 aliphatic heterocycles. The summed E-state index contributed by atoms with van der Waals surface area (Å²) in [7, 11) is 0. The van der Waals surface area contributed by atoms with Crippen LogP contribution in [0.15, 0.2) is 72.8 Å². The molecule has 2 unspecified atom stereocenters. The topological polar surface area (TPSA) is 60.7 Å². The van der Waals surface area contributed by atoms with Crippen LogP contribution in [0.3, 0.4) is 0 Å². The van der Waals surface area contributed by atoms with Gasteiger partial charge in [-0.05, 0) is 59.0 Å². The fourth-order valence-corrected chi connectivity index (χ4v) is 3.11. The summed E-state index contributed by atoms with van der Waals surface area (Å²) in [6.45, 7) is 8.14. The monoisotopic (exact) mass is 390 g/mol. The van der Waals surface area contributed by atoms with Crippen molar-refractivity contribution < 1.29 is 15.3 Å². The van der Waals surface area contributed by atoms with E-state index in [0.29, 0.717) is 0 Å². The molecule has 0 bridgehead atoms. The largest absolute Gasteiger partial charge is 0.508 e. The quantitative estimate of drug-likeness (QED) is 0.449. The number of phenols is 3. The molecule has 0 amide bonds. The number of benzene rings is 3. The van der Waals surface area contributed by atoms with Gasteiger partial charge in [-0.2, -0.15) is 0 Å². The van der Waals surface area contributed by atoms with Crippen molar-refractivity contribution >= 4 is 6.08 Å². The molecule has 3 heteroatoms. The fourth-order valence-electron chi connectivity index (χ4n) is 3.11. The Kier molecular flexibility index (Phi) is 7.90. The molecule has 0 aliphatic rings. The summed E-state index contributed by atoms with van der Waals surface area (Å²) in [6.07, 6.45) is 4.15. The van der Waals surface area contributed by atoms with Crippen molar-refractivity contribution in [3.05, 3.63) is 95.1 Å². The molecule has 0 saturated heterocycles. The van der Waals surface area contributed by atoms with Gasteiger partial charge < -0.3 is 15.3 Å². The van der Waals surface area contributed by atoms with Crippen molar-refractivity contribution in [2.75, 3.05) is 0 Å². The number of hydrogen-bond donors (Lipinski definition) is 3. The number of rotatable bonds is 5. The van der Waals surface area contributed by atoms with Crippen LogP contribution >= 0.6 is 0 Å². The molecular weight excluding hydrogens is 360 g/mol. The highest BCUT2D eigenvalue weighted by atomic mass is 16.3. The lowest BCUT2D eigenvalue weighted by Gasteiger charge is -2.15. The summed E-state index contributed by atoms with van der Waals surface area (Å²) < 4.78 is 0. The Morgan fingerprint density at radius 1 is 0.690 bits per heavy atom. The van der Waals surface area contributed by atoms with Gasteiger partial charge in [-0.15, -0.1) is 0 Å². The molecule has 0 heterocycles. The zero-order valence-electron chi connectivity index (χ0n) is 17.5. The van der Waals surface area contributed by atoms with E-state index < -0.39 is 0 Å². The lowest BCUT2D eigenvalue weighted by atomic mass is 9.91. The third kappa shape index (κ3) is 5.89. The van der Waals surface area contributed by atoms with Crippen LogP contribution in [0.25, 0.3) is 6.08 Å². The third-order valence-electron chi connectivity index (χ3n) is 4.91. The zero-order valence-corrected chi connectivity index (χ0v) is 17.5. The third-order valence-corrected chi connectivity index (χ3v) is 4.91. The Morgan fingerprint density at radius 2 is 1.21 bits per heavy atom. The van der Waals surface area contributed by atoms with Gasteiger partial charge >= 0.3 is 0 Å². The van der Waals surface area contributed by atoms with Crippen LogP contribution in [0.5, 0.6) is 17.2 Å². The predicted molar refractivity (Wildman–Crippen MR) is 121 cm³/mol. The standard InChI is InChI=1S/C24H24O3.C2H6/c1-16(19-6-10-21(25)11-7-19)3-4-18-5-14-24(27)23(15-18)17(2)20-8-12-22(26)13-9-20;1-2/h3-17,25-27H,1-2H3;1-2H3/b4-3+;. The summed E-state index contributed by atoms with van der Waals surface area (Å²) in [5, 5.41) is 29.2. The molecule has 3 aromatic carbocycles. The Bertz CT molecular complexity index is 925. The molecule has 0 fully saturated rings. The molecule has 0 radical (unpaired) electrons. The predicted octanol–water partition coefficient (Wildman–Crippen LogP) is 6.80. The number of allylic oxidation sites excluding steroid dienone is 1. The van der Waals surface area contributed by atoms with E-state index in [-0.39, 0.29) is 29.1 Å². The van der Waals surface area contributed by atoms with Crippen molar-refractivity contribution in [2.45, 2.75) is 39.5 Å². The maximum Gasteiger partial charge on any atom is 0.119 e. The van der Waals surface area contributed by atoms with Crippen LogP contribution in [0.1, 0.15) is 61.8 Å². The number of phenolic OH excluding ortho intramolecular Hbond substituents is 3. The molecule has 3 N–H and O–H groups in total. The SMILES string of the molecule is CC.CC(/C=C/c1ccc(O)c(C(C)c2ccc(O)cc2)c1)c1ccc(O)cc1. The van der Waals surface area contributed by atoms with Gasteiger partial charge in [0, 0.05) is 11.5 Å². The lowest BCUT2D eigenvalue weighted by molar-refractivity contribution is 0.466. The van der Waals surface area contributed by atoms with Crippen molar-refractivity contribution in [2.24, 2.45) is 0 Å². The highest BCUT2D eigenvalue weighted by Gasteiger charge is 2.13. The van der Waals surface area contributed by atoms with Crippen LogP contribution in [0, 0.1) is 0 Å². The minimum atomic E-state index is 0.00784. The normalized spacial score (nSPS) is 12.8. The van der Waals surface area contributed by atoms with E-state index in [0.717, 1.165) is 22.3 Å². The van der Waals surface area contributed by atoms with Gasteiger partial charge in [0.1, 0.15) is 17.2 Å². The molecule has 3 nitrogen and oxygen atoms in total. The van der Waals surface area contributed by atoms with E-state index in [9.17, 15) is 15.3 Å². The van der Waals surface area contributed by atoms with Crippen molar-refractivity contribution in [1.29, 1.82) is 0 Å². The van der Waals surface area contributed by atoms with Gasteiger partial charge in [0.25, 0.3) is 0 Å². The highest BCUT2D eigenvalue weighted by molar-refractivity contribution is 5.56. The summed E-state index contributed by atoms with van der Waals surface area (Å²) in [6, 6.07) is 19.9. The second kappa shape index (κ2) is 10.4. The molecule has 0 aliphatic carbocycles. The second-order valence-corrected chi connectivity index (χ2v) is 6.87. The molecule has 29 heavy (non-hydrogen) atoms. The van der Waals surface area contributed by atoms with E-state index in [4.69, 9.17) is 0 Å². The van der Waals surface area contributed by atoms with Crippen molar-refractivity contribution in [3.63, 3.8) is 0 Å². The van der Waals surface area contributed by atoms with Gasteiger partial charge in [-0.3, -0.25) is 0 Å². The fraction of sp³-hybridized carbons (Fsp3) is 0.231. The average Bonchev–Trinajstić information content (AvgIpc) is 2.75. The van der Waals surface area contributed by atoms with Crippen LogP contribution in [0.4, 0.5) is 0 Å². The number of aromatic hydroxyl groups is 3. The van der Waals surface area contributed by atoms with Gasteiger partial charge in [0.2, 0.25) is 0 Å². The zero-order chi connectivity index (χ0) is 21.4. The van der Waals surface area contributed by atoms with E-state index in [1.54, 1.807) is 30.3 Å². The Hall–Kier alpha value is -3.20. The Balaban J connectivity index is 0.00000145. The Morgan fingerprint density at radius 3 is 1.76 bits per heavy atom. The maximum absolute atomic E-state index is 10.3. The first-order valence-electron chi connectivity index (χ1n) is 10.0. The van der Waals surface area contributed by atoms with Crippen LogP contribution < -0.4 is 0 Å².